The number of nitrogens with one attached hydrogen (secondary N) is 1. The van der Waals surface area contributed by atoms with Crippen LogP contribution in [0, 0.1) is 5.92 Å². The summed E-state index contributed by atoms with van der Waals surface area (Å²) in [6.45, 7) is 0.222. The fourth-order valence-electron chi connectivity index (χ4n) is 2.20. The number of halogens is 3. The van der Waals surface area contributed by atoms with Crippen molar-refractivity contribution in [3.63, 3.8) is 0 Å². The molecule has 2 heterocycles. The van der Waals surface area contributed by atoms with Gasteiger partial charge in [0.2, 0.25) is 0 Å². The zero-order chi connectivity index (χ0) is 14.8. The standard InChI is InChI=1S/C12H15F3N4O/c13-12(14,15)9-3-5-19(6-4-9)11(20)8-1-2-10(18-16)17-7-8/h1-2,7,9H,3-6,16H2,(H,17,18). The molecule has 1 aromatic heterocycles. The summed E-state index contributed by atoms with van der Waals surface area (Å²) in [6.07, 6.45) is -2.92. The molecule has 0 aliphatic carbocycles. The van der Waals surface area contributed by atoms with Crippen LogP contribution in [0.1, 0.15) is 23.2 Å². The minimum Gasteiger partial charge on any atom is -0.339 e. The lowest BCUT2D eigenvalue weighted by molar-refractivity contribution is -0.183. The number of carbonyl (C=O) groups excluding carboxylic acids is 1. The van der Waals surface area contributed by atoms with Gasteiger partial charge in [-0.25, -0.2) is 10.8 Å². The van der Waals surface area contributed by atoms with Crippen molar-refractivity contribution in [2.75, 3.05) is 18.5 Å². The number of amides is 1. The van der Waals surface area contributed by atoms with Gasteiger partial charge in [-0.2, -0.15) is 13.2 Å². The first-order chi connectivity index (χ1) is 9.41. The normalized spacial score (nSPS) is 17.1. The Labute approximate surface area is 113 Å². The highest BCUT2D eigenvalue weighted by Gasteiger charge is 2.41. The van der Waals surface area contributed by atoms with Crippen LogP contribution in [0.25, 0.3) is 0 Å². The van der Waals surface area contributed by atoms with E-state index in [4.69, 9.17) is 5.84 Å². The first-order valence-corrected chi connectivity index (χ1v) is 6.20. The number of nitrogens with two attached hydrogens (primary N) is 1. The predicted molar refractivity (Wildman–Crippen MR) is 66.7 cm³/mol. The molecule has 110 valence electrons. The number of piperidine rings is 1. The smallest absolute Gasteiger partial charge is 0.339 e. The van der Waals surface area contributed by atoms with Crippen LogP contribution in [0.4, 0.5) is 19.0 Å². The summed E-state index contributed by atoms with van der Waals surface area (Å²) in [4.78, 5) is 17.4. The van der Waals surface area contributed by atoms with Crippen LogP contribution < -0.4 is 11.3 Å². The lowest BCUT2D eigenvalue weighted by Crippen LogP contribution is -2.42. The van der Waals surface area contributed by atoms with E-state index >= 15 is 0 Å². The second-order valence-electron chi connectivity index (χ2n) is 4.68. The molecule has 0 saturated carbocycles. The highest BCUT2D eigenvalue weighted by atomic mass is 19.4. The van der Waals surface area contributed by atoms with E-state index in [0.29, 0.717) is 11.4 Å². The van der Waals surface area contributed by atoms with E-state index in [2.05, 4.69) is 10.4 Å². The average Bonchev–Trinajstić information content (AvgIpc) is 2.46. The molecule has 3 N–H and O–H groups in total. The van der Waals surface area contributed by atoms with Crippen LogP contribution in [-0.4, -0.2) is 35.1 Å². The number of hydrogen-bond acceptors (Lipinski definition) is 4. The van der Waals surface area contributed by atoms with Gasteiger partial charge in [-0.15, -0.1) is 0 Å². The fourth-order valence-corrected chi connectivity index (χ4v) is 2.20. The number of likely N-dealkylation sites (tertiary alicyclic amines) is 1. The van der Waals surface area contributed by atoms with E-state index in [1.54, 1.807) is 6.07 Å². The molecule has 1 aliphatic rings. The molecule has 1 fully saturated rings. The van der Waals surface area contributed by atoms with Gasteiger partial charge in [0.1, 0.15) is 5.82 Å². The number of hydrazine groups is 1. The lowest BCUT2D eigenvalue weighted by atomic mass is 9.96. The van der Waals surface area contributed by atoms with Crippen molar-refractivity contribution in [3.05, 3.63) is 23.9 Å². The topological polar surface area (TPSA) is 71.2 Å². The first-order valence-electron chi connectivity index (χ1n) is 6.20. The minimum absolute atomic E-state index is 0.0505. The van der Waals surface area contributed by atoms with Crippen molar-refractivity contribution in [2.45, 2.75) is 19.0 Å². The van der Waals surface area contributed by atoms with Crippen LogP contribution in [0.3, 0.4) is 0 Å². The predicted octanol–water partition coefficient (Wildman–Crippen LogP) is 1.78. The summed E-state index contributed by atoms with van der Waals surface area (Å²) in [6, 6.07) is 3.08. The molecule has 20 heavy (non-hydrogen) atoms. The van der Waals surface area contributed by atoms with Crippen molar-refractivity contribution < 1.29 is 18.0 Å². The Bertz CT molecular complexity index is 467. The highest BCUT2D eigenvalue weighted by molar-refractivity contribution is 5.94. The second kappa shape index (κ2) is 5.66. The van der Waals surface area contributed by atoms with Crippen LogP contribution in [-0.2, 0) is 0 Å². The quantitative estimate of drug-likeness (QED) is 0.643. The summed E-state index contributed by atoms with van der Waals surface area (Å²) in [7, 11) is 0. The van der Waals surface area contributed by atoms with Gasteiger partial charge in [-0.1, -0.05) is 0 Å². The number of hydrogen-bond donors (Lipinski definition) is 2. The van der Waals surface area contributed by atoms with Gasteiger partial charge in [-0.05, 0) is 25.0 Å². The fraction of sp³-hybridized carbons (Fsp3) is 0.500. The molecule has 1 aromatic rings. The van der Waals surface area contributed by atoms with E-state index in [0.717, 1.165) is 0 Å². The van der Waals surface area contributed by atoms with Gasteiger partial charge in [-0.3, -0.25) is 4.79 Å². The number of pyridine rings is 1. The zero-order valence-electron chi connectivity index (χ0n) is 10.7. The number of nitrogens with zero attached hydrogens (tertiary/aromatic N) is 2. The molecule has 0 bridgehead atoms. The molecule has 0 radical (unpaired) electrons. The number of carbonyl (C=O) groups is 1. The Morgan fingerprint density at radius 1 is 1.35 bits per heavy atom. The number of nitrogen functional groups attached to an aromatic ring is 1. The van der Waals surface area contributed by atoms with Gasteiger partial charge >= 0.3 is 6.18 Å². The Hall–Kier alpha value is -1.83. The van der Waals surface area contributed by atoms with Crippen LogP contribution >= 0.6 is 0 Å². The third-order valence-corrected chi connectivity index (χ3v) is 3.40. The molecule has 8 heteroatoms. The zero-order valence-corrected chi connectivity index (χ0v) is 10.7. The lowest BCUT2D eigenvalue weighted by Gasteiger charge is -2.32. The van der Waals surface area contributed by atoms with Gasteiger partial charge in [0, 0.05) is 19.3 Å². The molecule has 2 rings (SSSR count). The Morgan fingerprint density at radius 2 is 2.00 bits per heavy atom. The summed E-state index contributed by atoms with van der Waals surface area (Å²) in [5.41, 5.74) is 2.68. The minimum atomic E-state index is -4.18. The van der Waals surface area contributed by atoms with Crippen molar-refractivity contribution in [3.8, 4) is 0 Å². The van der Waals surface area contributed by atoms with Gasteiger partial charge in [0.05, 0.1) is 11.5 Å². The van der Waals surface area contributed by atoms with Gasteiger partial charge in [0.15, 0.2) is 0 Å². The van der Waals surface area contributed by atoms with E-state index in [9.17, 15) is 18.0 Å². The molecule has 0 aromatic carbocycles. The van der Waals surface area contributed by atoms with Gasteiger partial charge < -0.3 is 10.3 Å². The molecule has 0 atom stereocenters. The summed E-state index contributed by atoms with van der Waals surface area (Å²) in [5.74, 6) is 3.96. The summed E-state index contributed by atoms with van der Waals surface area (Å²) < 4.78 is 37.6. The van der Waals surface area contributed by atoms with E-state index < -0.39 is 12.1 Å². The summed E-state index contributed by atoms with van der Waals surface area (Å²) in [5, 5.41) is 0. The van der Waals surface area contributed by atoms with E-state index in [-0.39, 0.29) is 31.8 Å². The number of aromatic nitrogens is 1. The largest absolute Gasteiger partial charge is 0.391 e. The Kier molecular flexibility index (Phi) is 4.12. The van der Waals surface area contributed by atoms with E-state index in [1.165, 1.54) is 17.2 Å². The third-order valence-electron chi connectivity index (χ3n) is 3.40. The van der Waals surface area contributed by atoms with Crippen LogP contribution in [0.5, 0.6) is 0 Å². The maximum Gasteiger partial charge on any atom is 0.391 e. The highest BCUT2D eigenvalue weighted by Crippen LogP contribution is 2.34. The molecular formula is C12H15F3N4O. The van der Waals surface area contributed by atoms with Gasteiger partial charge in [0.25, 0.3) is 5.91 Å². The maximum atomic E-state index is 12.5. The summed E-state index contributed by atoms with van der Waals surface area (Å²) >= 11 is 0. The molecule has 5 nitrogen and oxygen atoms in total. The second-order valence-corrected chi connectivity index (χ2v) is 4.68. The van der Waals surface area contributed by atoms with Crippen LogP contribution in [0.2, 0.25) is 0 Å². The van der Waals surface area contributed by atoms with Crippen molar-refractivity contribution >= 4 is 11.7 Å². The number of anilines is 1. The Morgan fingerprint density at radius 3 is 2.45 bits per heavy atom. The van der Waals surface area contributed by atoms with Crippen LogP contribution in [0.15, 0.2) is 18.3 Å². The van der Waals surface area contributed by atoms with E-state index in [1.807, 2.05) is 0 Å². The van der Waals surface area contributed by atoms with Crippen molar-refractivity contribution in [1.82, 2.24) is 9.88 Å². The molecule has 1 saturated heterocycles. The van der Waals surface area contributed by atoms with Crippen molar-refractivity contribution in [2.24, 2.45) is 11.8 Å². The average molecular weight is 288 g/mol. The first kappa shape index (κ1) is 14.6. The third kappa shape index (κ3) is 3.19. The Balaban J connectivity index is 1.97. The molecule has 1 amide bonds. The number of alkyl halides is 3. The number of rotatable bonds is 2. The monoisotopic (exact) mass is 288 g/mol. The SMILES string of the molecule is NNc1ccc(C(=O)N2CCC(C(F)(F)F)CC2)cn1. The molecule has 0 spiro atoms. The molecule has 0 unspecified atom stereocenters. The molecular weight excluding hydrogens is 273 g/mol. The molecule has 1 aliphatic heterocycles. The maximum absolute atomic E-state index is 12.5. The van der Waals surface area contributed by atoms with Crippen molar-refractivity contribution in [1.29, 1.82) is 0 Å².